The molecule has 152 valence electrons. The van der Waals surface area contributed by atoms with Crippen molar-refractivity contribution in [3.63, 3.8) is 0 Å². The number of alkyl halides is 2. The fourth-order valence-corrected chi connectivity index (χ4v) is 5.84. The first-order valence-electron chi connectivity index (χ1n) is 10.6. The molecule has 0 aliphatic carbocycles. The summed E-state index contributed by atoms with van der Waals surface area (Å²) in [5.41, 5.74) is 0. The Morgan fingerprint density at radius 2 is 0.920 bits per heavy atom. The third-order valence-corrected chi connectivity index (χ3v) is 9.13. The first-order valence-corrected chi connectivity index (χ1v) is 13.2. The molecule has 0 aliphatic heterocycles. The van der Waals surface area contributed by atoms with Gasteiger partial charge in [-0.2, -0.15) is 0 Å². The molecule has 0 saturated heterocycles. The number of halogens is 2. The predicted molar refractivity (Wildman–Crippen MR) is 114 cm³/mol. The predicted octanol–water partition coefficient (Wildman–Crippen LogP) is 8.67. The zero-order valence-corrected chi connectivity index (χ0v) is 18.9. The van der Waals surface area contributed by atoms with Gasteiger partial charge in [-0.05, 0) is 12.8 Å². The van der Waals surface area contributed by atoms with Gasteiger partial charge in [0.25, 0.3) is 0 Å². The van der Waals surface area contributed by atoms with Crippen LogP contribution in [0.2, 0.25) is 0 Å². The topological polar surface area (TPSA) is 37.3 Å². The van der Waals surface area contributed by atoms with E-state index in [0.717, 1.165) is 25.7 Å². The standard InChI is InChI=1S/C20H41Cl2O2P/c1-3-5-7-9-11-13-15-17-19(21)25(23,24)20(22)18-16-14-12-10-8-6-4-2/h19-20H,3-18H2,1-2H3,(H,23,24). The van der Waals surface area contributed by atoms with Gasteiger partial charge in [-0.1, -0.05) is 104 Å². The number of hydrogen-bond donors (Lipinski definition) is 1. The summed E-state index contributed by atoms with van der Waals surface area (Å²) < 4.78 is 12.5. The minimum absolute atomic E-state index is 0.601. The second kappa shape index (κ2) is 16.9. The van der Waals surface area contributed by atoms with Crippen LogP contribution in [-0.2, 0) is 4.57 Å². The van der Waals surface area contributed by atoms with Crippen LogP contribution in [0.4, 0.5) is 0 Å². The molecule has 0 aliphatic rings. The lowest BCUT2D eigenvalue weighted by molar-refractivity contribution is 0.459. The highest BCUT2D eigenvalue weighted by atomic mass is 35.5. The van der Waals surface area contributed by atoms with Crippen LogP contribution < -0.4 is 0 Å². The molecule has 0 radical (unpaired) electrons. The lowest BCUT2D eigenvalue weighted by atomic mass is 10.1. The molecule has 0 aromatic heterocycles. The van der Waals surface area contributed by atoms with E-state index in [1.54, 1.807) is 0 Å². The number of hydrogen-bond acceptors (Lipinski definition) is 1. The van der Waals surface area contributed by atoms with Crippen molar-refractivity contribution >= 4 is 30.6 Å². The van der Waals surface area contributed by atoms with Crippen LogP contribution in [0.5, 0.6) is 0 Å². The Morgan fingerprint density at radius 1 is 0.640 bits per heavy atom. The summed E-state index contributed by atoms with van der Waals surface area (Å²) in [5.74, 6) is 0. The fourth-order valence-electron chi connectivity index (χ4n) is 3.09. The molecule has 2 atom stereocenters. The van der Waals surface area contributed by atoms with Gasteiger partial charge in [-0.3, -0.25) is 4.57 Å². The van der Waals surface area contributed by atoms with E-state index in [1.165, 1.54) is 64.2 Å². The maximum absolute atomic E-state index is 12.5. The van der Waals surface area contributed by atoms with Crippen molar-refractivity contribution in [3.05, 3.63) is 0 Å². The SMILES string of the molecule is CCCCCCCCCC(Cl)P(=O)(O)C(Cl)CCCCCCCCC. The van der Waals surface area contributed by atoms with Crippen molar-refractivity contribution in [2.24, 2.45) is 0 Å². The lowest BCUT2D eigenvalue weighted by Gasteiger charge is -2.22. The number of rotatable bonds is 18. The summed E-state index contributed by atoms with van der Waals surface area (Å²) in [4.78, 5) is 10.3. The van der Waals surface area contributed by atoms with Gasteiger partial charge in [-0.15, -0.1) is 23.2 Å². The molecule has 0 saturated carbocycles. The lowest BCUT2D eigenvalue weighted by Crippen LogP contribution is -2.10. The van der Waals surface area contributed by atoms with Gasteiger partial charge >= 0.3 is 0 Å². The number of unbranched alkanes of at least 4 members (excludes halogenated alkanes) is 12. The van der Waals surface area contributed by atoms with Gasteiger partial charge in [0.05, 0.1) is 0 Å². The van der Waals surface area contributed by atoms with E-state index in [0.29, 0.717) is 12.8 Å². The van der Waals surface area contributed by atoms with Crippen LogP contribution >= 0.6 is 30.6 Å². The Balaban J connectivity index is 3.80. The Hall–Kier alpha value is 0.770. The summed E-state index contributed by atoms with van der Waals surface area (Å²) in [5, 5.41) is -1.37. The van der Waals surface area contributed by atoms with E-state index in [1.807, 2.05) is 0 Å². The minimum Gasteiger partial charge on any atom is -0.342 e. The first kappa shape index (κ1) is 25.8. The van der Waals surface area contributed by atoms with Crippen molar-refractivity contribution in [2.45, 2.75) is 127 Å². The van der Waals surface area contributed by atoms with Crippen LogP contribution in [0.25, 0.3) is 0 Å². The molecule has 2 nitrogen and oxygen atoms in total. The molecule has 1 N–H and O–H groups in total. The second-order valence-electron chi connectivity index (χ2n) is 7.36. The maximum atomic E-state index is 12.5. The van der Waals surface area contributed by atoms with Gasteiger partial charge in [0.1, 0.15) is 10.2 Å². The second-order valence-corrected chi connectivity index (χ2v) is 11.6. The van der Waals surface area contributed by atoms with Crippen molar-refractivity contribution < 1.29 is 9.46 Å². The Kier molecular flexibility index (Phi) is 17.4. The molecule has 0 rings (SSSR count). The summed E-state index contributed by atoms with van der Waals surface area (Å²) in [6.45, 7) is 4.43. The highest BCUT2D eigenvalue weighted by molar-refractivity contribution is 7.63. The summed E-state index contributed by atoms with van der Waals surface area (Å²) in [6, 6.07) is 0. The van der Waals surface area contributed by atoms with E-state index >= 15 is 0 Å². The van der Waals surface area contributed by atoms with Gasteiger partial charge in [0.15, 0.2) is 0 Å². The molecule has 25 heavy (non-hydrogen) atoms. The van der Waals surface area contributed by atoms with Crippen molar-refractivity contribution in [1.82, 2.24) is 0 Å². The highest BCUT2D eigenvalue weighted by Crippen LogP contribution is 2.57. The summed E-state index contributed by atoms with van der Waals surface area (Å²) in [7, 11) is -3.48. The highest BCUT2D eigenvalue weighted by Gasteiger charge is 2.36. The quantitative estimate of drug-likeness (QED) is 0.138. The Morgan fingerprint density at radius 3 is 1.24 bits per heavy atom. The third kappa shape index (κ3) is 13.6. The van der Waals surface area contributed by atoms with Crippen LogP contribution in [0.15, 0.2) is 0 Å². The van der Waals surface area contributed by atoms with E-state index in [-0.39, 0.29) is 0 Å². The first-order chi connectivity index (χ1) is 12.0. The van der Waals surface area contributed by atoms with Gasteiger partial charge < -0.3 is 4.89 Å². The Bertz CT molecular complexity index is 312. The molecule has 0 amide bonds. The largest absolute Gasteiger partial charge is 0.342 e. The van der Waals surface area contributed by atoms with Crippen LogP contribution in [-0.4, -0.2) is 15.1 Å². The fraction of sp³-hybridized carbons (Fsp3) is 1.00. The minimum atomic E-state index is -3.48. The molecular formula is C20H41Cl2O2P. The zero-order chi connectivity index (χ0) is 19.0. The van der Waals surface area contributed by atoms with Crippen LogP contribution in [0.3, 0.4) is 0 Å². The molecule has 0 aromatic carbocycles. The van der Waals surface area contributed by atoms with Gasteiger partial charge in [0.2, 0.25) is 7.37 Å². The smallest absolute Gasteiger partial charge is 0.235 e. The Labute approximate surface area is 166 Å². The molecule has 0 bridgehead atoms. The van der Waals surface area contributed by atoms with Gasteiger partial charge in [0, 0.05) is 0 Å². The molecule has 0 fully saturated rings. The van der Waals surface area contributed by atoms with Crippen molar-refractivity contribution in [2.75, 3.05) is 0 Å². The normalized spacial score (nSPS) is 16.5. The van der Waals surface area contributed by atoms with E-state index in [2.05, 4.69) is 13.8 Å². The van der Waals surface area contributed by atoms with E-state index in [9.17, 15) is 9.46 Å². The summed E-state index contributed by atoms with van der Waals surface area (Å²) in [6.07, 6.45) is 17.8. The van der Waals surface area contributed by atoms with E-state index in [4.69, 9.17) is 23.2 Å². The maximum Gasteiger partial charge on any atom is 0.235 e. The van der Waals surface area contributed by atoms with Crippen molar-refractivity contribution in [3.8, 4) is 0 Å². The third-order valence-electron chi connectivity index (χ3n) is 4.89. The molecule has 2 unspecified atom stereocenters. The zero-order valence-electron chi connectivity index (χ0n) is 16.5. The molecule has 5 heteroatoms. The monoisotopic (exact) mass is 414 g/mol. The molecular weight excluding hydrogens is 374 g/mol. The van der Waals surface area contributed by atoms with Crippen LogP contribution in [0, 0.1) is 0 Å². The van der Waals surface area contributed by atoms with Crippen LogP contribution in [0.1, 0.15) is 117 Å². The average molecular weight is 415 g/mol. The molecule has 0 heterocycles. The average Bonchev–Trinajstić information content (AvgIpc) is 2.59. The van der Waals surface area contributed by atoms with Crippen molar-refractivity contribution in [1.29, 1.82) is 0 Å². The van der Waals surface area contributed by atoms with E-state index < -0.39 is 17.6 Å². The summed E-state index contributed by atoms with van der Waals surface area (Å²) >= 11 is 12.5. The molecule has 0 aromatic rings. The van der Waals surface area contributed by atoms with Gasteiger partial charge in [-0.25, -0.2) is 0 Å². The molecule has 0 spiro atoms.